The van der Waals surface area contributed by atoms with Crippen molar-refractivity contribution in [3.63, 3.8) is 0 Å². The Morgan fingerprint density at radius 2 is 2.15 bits per heavy atom. The van der Waals surface area contributed by atoms with Gasteiger partial charge in [-0.05, 0) is 18.9 Å². The molecule has 0 aliphatic heterocycles. The van der Waals surface area contributed by atoms with E-state index < -0.39 is 6.09 Å². The van der Waals surface area contributed by atoms with Crippen LogP contribution in [0.3, 0.4) is 0 Å². The first-order chi connectivity index (χ1) is 6.18. The maximum atomic E-state index is 10.3. The summed E-state index contributed by atoms with van der Waals surface area (Å²) in [6.45, 7) is 1.85. The van der Waals surface area contributed by atoms with Crippen LogP contribution in [0.5, 0.6) is 0 Å². The van der Waals surface area contributed by atoms with Crippen LogP contribution in [0, 0.1) is 0 Å². The van der Waals surface area contributed by atoms with Gasteiger partial charge in [-0.1, -0.05) is 30.3 Å². The van der Waals surface area contributed by atoms with E-state index in [2.05, 4.69) is 5.32 Å². The van der Waals surface area contributed by atoms with Gasteiger partial charge in [0, 0.05) is 7.47 Å². The van der Waals surface area contributed by atoms with Crippen molar-refractivity contribution < 1.29 is 11.3 Å². The van der Waals surface area contributed by atoms with Gasteiger partial charge in [-0.25, -0.2) is 4.79 Å². The van der Waals surface area contributed by atoms with Crippen LogP contribution in [0.15, 0.2) is 30.3 Å². The molecule has 0 fully saturated rings. The molecule has 0 bridgehead atoms. The van der Waals surface area contributed by atoms with Crippen molar-refractivity contribution in [1.82, 2.24) is 5.32 Å². The third-order valence-corrected chi connectivity index (χ3v) is 1.75. The third-order valence-electron chi connectivity index (χ3n) is 1.75. The molecule has 0 heterocycles. The Morgan fingerprint density at radius 1 is 1.54 bits per heavy atom. The lowest BCUT2D eigenvalue weighted by Crippen LogP contribution is -2.32. The lowest BCUT2D eigenvalue weighted by atomic mass is 10.1. The van der Waals surface area contributed by atoms with Crippen LogP contribution < -0.4 is 5.32 Å². The number of carboxylic acid groups (broad SMARTS) is 1. The molecule has 0 aromatic heterocycles. The molecule has 1 atom stereocenters. The van der Waals surface area contributed by atoms with Gasteiger partial charge in [0.1, 0.15) is 0 Å². The Hall–Kier alpha value is -1.51. The van der Waals surface area contributed by atoms with Gasteiger partial charge >= 0.3 is 6.09 Å². The van der Waals surface area contributed by atoms with E-state index in [1.807, 2.05) is 37.3 Å². The van der Waals surface area contributed by atoms with Crippen LogP contribution in [0.25, 0.3) is 0 Å². The maximum Gasteiger partial charge on any atom is 0.404 e. The van der Waals surface area contributed by atoms with Crippen LogP contribution in [-0.2, 0) is 6.42 Å². The van der Waals surface area contributed by atoms with Gasteiger partial charge in [0.05, 0.1) is 0 Å². The summed E-state index contributed by atoms with van der Waals surface area (Å²) in [4.78, 5) is 10.3. The molecule has 2 N–H and O–H groups in total. The molecule has 0 radical (unpaired) electrons. The Balaban J connectivity index is 0.00000169. The average molecular weight is 181 g/mol. The first kappa shape index (κ1) is 9.58. The van der Waals surface area contributed by atoms with E-state index >= 15 is 0 Å². The van der Waals surface area contributed by atoms with E-state index in [4.69, 9.17) is 5.11 Å². The number of hydrogen-bond donors (Lipinski definition) is 2. The molecule has 0 saturated heterocycles. The van der Waals surface area contributed by atoms with E-state index in [0.29, 0.717) is 0 Å². The second-order valence-corrected chi connectivity index (χ2v) is 3.04. The number of benzene rings is 1. The zero-order valence-corrected chi connectivity index (χ0v) is 7.53. The van der Waals surface area contributed by atoms with E-state index in [-0.39, 0.29) is 7.47 Å². The smallest absolute Gasteiger partial charge is 0.404 e. The molecule has 1 aromatic carbocycles. The fourth-order valence-corrected chi connectivity index (χ4v) is 1.23. The lowest BCUT2D eigenvalue weighted by molar-refractivity contribution is 0.190. The Morgan fingerprint density at radius 3 is 2.69 bits per heavy atom. The number of carbonyl (C=O) groups is 1. The molecular formula is C10H15NO2. The zero-order valence-electron chi connectivity index (χ0n) is 7.53. The summed E-state index contributed by atoms with van der Waals surface area (Å²) in [6, 6.07) is 9.77. The minimum absolute atomic E-state index is 0. The van der Waals surface area contributed by atoms with Gasteiger partial charge in [-0.3, -0.25) is 0 Å². The van der Waals surface area contributed by atoms with Crippen molar-refractivity contribution in [2.45, 2.75) is 19.4 Å². The molecule has 1 rings (SSSR count). The zero-order chi connectivity index (χ0) is 9.68. The molecule has 0 aliphatic rings. The maximum absolute atomic E-state index is 10.3. The molecule has 3 nitrogen and oxygen atoms in total. The summed E-state index contributed by atoms with van der Waals surface area (Å²) in [6.07, 6.45) is -0.240. The fourth-order valence-electron chi connectivity index (χ4n) is 1.23. The van der Waals surface area contributed by atoms with Crippen LogP contribution in [-0.4, -0.2) is 17.2 Å². The second kappa shape index (κ2) is 4.50. The molecular weight excluding hydrogens is 166 g/mol. The average Bonchev–Trinajstić information content (AvgIpc) is 2.04. The molecule has 0 spiro atoms. The Kier molecular flexibility index (Phi) is 3.31. The van der Waals surface area contributed by atoms with Crippen molar-refractivity contribution in [2.24, 2.45) is 0 Å². The fraction of sp³-hybridized carbons (Fsp3) is 0.300. The predicted molar refractivity (Wildman–Crippen MR) is 52.9 cm³/mol. The van der Waals surface area contributed by atoms with Crippen molar-refractivity contribution in [3.8, 4) is 0 Å². The van der Waals surface area contributed by atoms with E-state index in [1.54, 1.807) is 0 Å². The molecule has 3 heteroatoms. The number of hydrogen-bond acceptors (Lipinski definition) is 1. The molecule has 72 valence electrons. The van der Waals surface area contributed by atoms with Gasteiger partial charge in [0.2, 0.25) is 0 Å². The summed E-state index contributed by atoms with van der Waals surface area (Å²) in [5.74, 6) is 0. The number of amides is 1. The SMILES string of the molecule is C[C@@H](Cc1ccccc1)NC(=O)O.[HH]. The topological polar surface area (TPSA) is 49.3 Å². The predicted octanol–water partition coefficient (Wildman–Crippen LogP) is 2.13. The van der Waals surface area contributed by atoms with Crippen LogP contribution >= 0.6 is 0 Å². The minimum atomic E-state index is -0.969. The summed E-state index contributed by atoms with van der Waals surface area (Å²) in [5, 5.41) is 10.9. The molecule has 0 unspecified atom stereocenters. The lowest BCUT2D eigenvalue weighted by Gasteiger charge is -2.10. The largest absolute Gasteiger partial charge is 0.465 e. The van der Waals surface area contributed by atoms with Crippen molar-refractivity contribution in [2.75, 3.05) is 0 Å². The first-order valence-electron chi connectivity index (χ1n) is 4.22. The highest BCUT2D eigenvalue weighted by atomic mass is 16.4. The quantitative estimate of drug-likeness (QED) is 0.750. The van der Waals surface area contributed by atoms with Crippen LogP contribution in [0.2, 0.25) is 0 Å². The van der Waals surface area contributed by atoms with Crippen molar-refractivity contribution >= 4 is 6.09 Å². The Labute approximate surface area is 78.9 Å². The standard InChI is InChI=1S/C10H13NO2.H2/c1-8(11-10(12)13)7-9-5-3-2-4-6-9;/h2-6,8,11H,7H2,1H3,(H,12,13);1H/t8-;/m0./s1. The highest BCUT2D eigenvalue weighted by molar-refractivity contribution is 5.64. The molecule has 0 saturated carbocycles. The molecule has 13 heavy (non-hydrogen) atoms. The van der Waals surface area contributed by atoms with Gasteiger partial charge in [-0.15, -0.1) is 0 Å². The second-order valence-electron chi connectivity index (χ2n) is 3.04. The van der Waals surface area contributed by atoms with Gasteiger partial charge < -0.3 is 10.4 Å². The highest BCUT2D eigenvalue weighted by Crippen LogP contribution is 2.02. The molecule has 0 aliphatic carbocycles. The van der Waals surface area contributed by atoms with E-state index in [0.717, 1.165) is 12.0 Å². The molecule has 1 amide bonds. The summed E-state index contributed by atoms with van der Waals surface area (Å²) in [7, 11) is 0. The summed E-state index contributed by atoms with van der Waals surface area (Å²) >= 11 is 0. The van der Waals surface area contributed by atoms with E-state index in [9.17, 15) is 4.79 Å². The summed E-state index contributed by atoms with van der Waals surface area (Å²) in [5.41, 5.74) is 1.14. The van der Waals surface area contributed by atoms with Crippen molar-refractivity contribution in [3.05, 3.63) is 35.9 Å². The van der Waals surface area contributed by atoms with Crippen molar-refractivity contribution in [1.29, 1.82) is 0 Å². The first-order valence-corrected chi connectivity index (χ1v) is 4.22. The number of nitrogens with one attached hydrogen (secondary N) is 1. The number of rotatable bonds is 3. The minimum Gasteiger partial charge on any atom is -0.465 e. The van der Waals surface area contributed by atoms with E-state index in [1.165, 1.54) is 0 Å². The van der Waals surface area contributed by atoms with Crippen LogP contribution in [0.4, 0.5) is 4.79 Å². The third kappa shape index (κ3) is 3.60. The highest BCUT2D eigenvalue weighted by Gasteiger charge is 2.04. The van der Waals surface area contributed by atoms with Crippen LogP contribution in [0.1, 0.15) is 13.9 Å². The van der Waals surface area contributed by atoms with Gasteiger partial charge in [0.15, 0.2) is 0 Å². The van der Waals surface area contributed by atoms with Gasteiger partial charge in [-0.2, -0.15) is 0 Å². The monoisotopic (exact) mass is 181 g/mol. The molecule has 1 aromatic rings. The normalized spacial score (nSPS) is 12.1. The van der Waals surface area contributed by atoms with Gasteiger partial charge in [0.25, 0.3) is 0 Å². The Bertz CT molecular complexity index is 277. The summed E-state index contributed by atoms with van der Waals surface area (Å²) < 4.78 is 0.